The lowest BCUT2D eigenvalue weighted by molar-refractivity contribution is -0.121. The fraction of sp³-hybridized carbons (Fsp3) is 0.882. The van der Waals surface area contributed by atoms with Crippen LogP contribution in [0.15, 0.2) is 4.99 Å². The van der Waals surface area contributed by atoms with Crippen molar-refractivity contribution in [3.63, 3.8) is 0 Å². The van der Waals surface area contributed by atoms with Crippen LogP contribution in [-0.2, 0) is 4.79 Å². The first-order chi connectivity index (χ1) is 10.3. The van der Waals surface area contributed by atoms with E-state index in [1.807, 2.05) is 20.8 Å². The first-order valence-corrected chi connectivity index (χ1v) is 8.59. The Morgan fingerprint density at radius 2 is 1.68 bits per heavy atom. The zero-order chi connectivity index (χ0) is 16.6. The number of carbonyl (C=O) groups is 1. The Labute approximate surface area is 135 Å². The van der Waals surface area contributed by atoms with E-state index in [1.54, 1.807) is 7.05 Å². The third kappa shape index (κ3) is 7.66. The van der Waals surface area contributed by atoms with Crippen LogP contribution in [0.5, 0.6) is 0 Å². The molecule has 0 aromatic rings. The molecule has 0 heterocycles. The molecule has 0 radical (unpaired) electrons. The Balaban J connectivity index is 2.24. The molecule has 1 fully saturated rings. The molecule has 5 nitrogen and oxygen atoms in total. The summed E-state index contributed by atoms with van der Waals surface area (Å²) in [5.74, 6) is 2.35. The topological polar surface area (TPSA) is 65.5 Å². The van der Waals surface area contributed by atoms with Gasteiger partial charge in [0.1, 0.15) is 0 Å². The zero-order valence-corrected chi connectivity index (χ0v) is 15.0. The number of amides is 1. The van der Waals surface area contributed by atoms with E-state index < -0.39 is 0 Å². The van der Waals surface area contributed by atoms with Gasteiger partial charge in [-0.3, -0.25) is 9.79 Å². The highest BCUT2D eigenvalue weighted by atomic mass is 16.2. The smallest absolute Gasteiger partial charge is 0.239 e. The molecule has 0 aromatic carbocycles. The maximum Gasteiger partial charge on any atom is 0.239 e. The Kier molecular flexibility index (Phi) is 7.69. The van der Waals surface area contributed by atoms with E-state index in [2.05, 4.69) is 27.9 Å². The van der Waals surface area contributed by atoms with Gasteiger partial charge >= 0.3 is 0 Å². The van der Waals surface area contributed by atoms with Gasteiger partial charge < -0.3 is 16.0 Å². The second-order valence-electron chi connectivity index (χ2n) is 7.40. The molecule has 3 N–H and O–H groups in total. The minimum Gasteiger partial charge on any atom is -0.356 e. The van der Waals surface area contributed by atoms with Gasteiger partial charge in [0.15, 0.2) is 5.96 Å². The predicted molar refractivity (Wildman–Crippen MR) is 93.0 cm³/mol. The summed E-state index contributed by atoms with van der Waals surface area (Å²) >= 11 is 0. The van der Waals surface area contributed by atoms with Gasteiger partial charge in [0, 0.05) is 19.1 Å². The second-order valence-corrected chi connectivity index (χ2v) is 7.40. The third-order valence-corrected chi connectivity index (χ3v) is 4.26. The number of aliphatic imine (C=N–C) groups is 1. The zero-order valence-electron chi connectivity index (χ0n) is 15.0. The van der Waals surface area contributed by atoms with Crippen LogP contribution in [0.2, 0.25) is 0 Å². The van der Waals surface area contributed by atoms with E-state index in [1.165, 1.54) is 32.1 Å². The molecule has 1 aliphatic carbocycles. The molecule has 0 aromatic heterocycles. The standard InChI is InChI=1S/C17H34N4O/c1-6-13-7-9-14(10-8-13)11-19-16(18-5)20-12-15(22)21-17(2,3)4/h13-14H,6-12H2,1-5H3,(H,21,22)(H2,18,19,20). The summed E-state index contributed by atoms with van der Waals surface area (Å²) in [6, 6.07) is 0. The molecule has 1 aliphatic rings. The van der Waals surface area contributed by atoms with Gasteiger partial charge in [-0.25, -0.2) is 0 Å². The summed E-state index contributed by atoms with van der Waals surface area (Å²) in [7, 11) is 1.74. The van der Waals surface area contributed by atoms with Gasteiger partial charge in [0.25, 0.3) is 0 Å². The van der Waals surface area contributed by atoms with Crippen LogP contribution in [0, 0.1) is 11.8 Å². The average Bonchev–Trinajstić information content (AvgIpc) is 2.46. The van der Waals surface area contributed by atoms with Gasteiger partial charge in [0.2, 0.25) is 5.91 Å². The fourth-order valence-electron chi connectivity index (χ4n) is 2.93. The first-order valence-electron chi connectivity index (χ1n) is 8.59. The highest BCUT2D eigenvalue weighted by Crippen LogP contribution is 2.29. The monoisotopic (exact) mass is 310 g/mol. The van der Waals surface area contributed by atoms with Crippen molar-refractivity contribution in [2.24, 2.45) is 16.8 Å². The van der Waals surface area contributed by atoms with Crippen molar-refractivity contribution in [3.8, 4) is 0 Å². The van der Waals surface area contributed by atoms with E-state index in [4.69, 9.17) is 0 Å². The SMILES string of the molecule is CCC1CCC(CNC(=NC)NCC(=O)NC(C)(C)C)CC1. The molecule has 0 spiro atoms. The highest BCUT2D eigenvalue weighted by Gasteiger charge is 2.20. The predicted octanol–water partition coefficient (Wildman–Crippen LogP) is 2.28. The molecule has 0 saturated heterocycles. The van der Waals surface area contributed by atoms with Crippen molar-refractivity contribution in [2.75, 3.05) is 20.1 Å². The van der Waals surface area contributed by atoms with Crippen molar-refractivity contribution >= 4 is 11.9 Å². The largest absolute Gasteiger partial charge is 0.356 e. The molecule has 128 valence electrons. The number of hydrogen-bond donors (Lipinski definition) is 3. The van der Waals surface area contributed by atoms with Crippen LogP contribution >= 0.6 is 0 Å². The van der Waals surface area contributed by atoms with Crippen LogP contribution in [0.25, 0.3) is 0 Å². The number of hydrogen-bond acceptors (Lipinski definition) is 2. The van der Waals surface area contributed by atoms with Gasteiger partial charge in [-0.2, -0.15) is 0 Å². The number of carbonyl (C=O) groups excluding carboxylic acids is 1. The van der Waals surface area contributed by atoms with Crippen molar-refractivity contribution in [1.82, 2.24) is 16.0 Å². The number of nitrogens with one attached hydrogen (secondary N) is 3. The van der Waals surface area contributed by atoms with Gasteiger partial charge in [-0.05, 0) is 45.4 Å². The second kappa shape index (κ2) is 9.01. The lowest BCUT2D eigenvalue weighted by Gasteiger charge is -2.28. The molecular weight excluding hydrogens is 276 g/mol. The minimum atomic E-state index is -0.201. The molecule has 0 aliphatic heterocycles. The normalized spacial score (nSPS) is 23.0. The Morgan fingerprint density at radius 1 is 1.09 bits per heavy atom. The van der Waals surface area contributed by atoms with E-state index >= 15 is 0 Å². The van der Waals surface area contributed by atoms with E-state index in [-0.39, 0.29) is 18.0 Å². The van der Waals surface area contributed by atoms with Crippen LogP contribution in [0.3, 0.4) is 0 Å². The average molecular weight is 310 g/mol. The van der Waals surface area contributed by atoms with Crippen LogP contribution < -0.4 is 16.0 Å². The fourth-order valence-corrected chi connectivity index (χ4v) is 2.93. The van der Waals surface area contributed by atoms with Gasteiger partial charge in [-0.1, -0.05) is 26.2 Å². The maximum atomic E-state index is 11.8. The lowest BCUT2D eigenvalue weighted by atomic mass is 9.81. The number of nitrogens with zero attached hydrogens (tertiary/aromatic N) is 1. The molecule has 0 unspecified atom stereocenters. The Hall–Kier alpha value is -1.26. The lowest BCUT2D eigenvalue weighted by Crippen LogP contribution is -2.48. The summed E-state index contributed by atoms with van der Waals surface area (Å²) in [6.45, 7) is 9.41. The van der Waals surface area contributed by atoms with Gasteiger partial charge in [0.05, 0.1) is 6.54 Å². The first kappa shape index (κ1) is 18.8. The van der Waals surface area contributed by atoms with E-state index in [0.29, 0.717) is 5.96 Å². The molecule has 1 amide bonds. The van der Waals surface area contributed by atoms with Crippen molar-refractivity contribution in [1.29, 1.82) is 0 Å². The Morgan fingerprint density at radius 3 is 2.18 bits per heavy atom. The summed E-state index contributed by atoms with van der Waals surface area (Å²) in [6.07, 6.45) is 6.61. The van der Waals surface area contributed by atoms with Gasteiger partial charge in [-0.15, -0.1) is 0 Å². The summed E-state index contributed by atoms with van der Waals surface area (Å²) < 4.78 is 0. The number of guanidine groups is 1. The van der Waals surface area contributed by atoms with Crippen LogP contribution in [0.1, 0.15) is 59.8 Å². The molecule has 22 heavy (non-hydrogen) atoms. The van der Waals surface area contributed by atoms with Crippen molar-refractivity contribution < 1.29 is 4.79 Å². The Bertz CT molecular complexity index is 365. The molecule has 0 atom stereocenters. The number of rotatable bonds is 5. The highest BCUT2D eigenvalue weighted by molar-refractivity contribution is 5.86. The third-order valence-electron chi connectivity index (χ3n) is 4.26. The quantitative estimate of drug-likeness (QED) is 0.539. The summed E-state index contributed by atoms with van der Waals surface area (Å²) in [5, 5.41) is 9.36. The molecule has 5 heteroatoms. The molecule has 0 bridgehead atoms. The van der Waals surface area contributed by atoms with Crippen LogP contribution in [0.4, 0.5) is 0 Å². The molecular formula is C17H34N4O. The molecule has 1 rings (SSSR count). The minimum absolute atomic E-state index is 0.0149. The summed E-state index contributed by atoms with van der Waals surface area (Å²) in [4.78, 5) is 16.0. The van der Waals surface area contributed by atoms with Crippen LogP contribution in [-0.4, -0.2) is 37.5 Å². The van der Waals surface area contributed by atoms with E-state index in [9.17, 15) is 4.79 Å². The molecule has 1 saturated carbocycles. The summed E-state index contributed by atoms with van der Waals surface area (Å²) in [5.41, 5.74) is -0.201. The maximum absolute atomic E-state index is 11.8. The van der Waals surface area contributed by atoms with Crippen molar-refractivity contribution in [2.45, 2.75) is 65.3 Å². The van der Waals surface area contributed by atoms with E-state index in [0.717, 1.165) is 18.4 Å². The van der Waals surface area contributed by atoms with Crippen molar-refractivity contribution in [3.05, 3.63) is 0 Å².